The Morgan fingerprint density at radius 1 is 1.47 bits per heavy atom. The Morgan fingerprint density at radius 3 is 2.63 bits per heavy atom. The summed E-state index contributed by atoms with van der Waals surface area (Å²) in [4.78, 5) is 12.2. The number of alkyl halides is 3. The maximum atomic E-state index is 12.6. The van der Waals surface area contributed by atoms with Gasteiger partial charge in [-0.2, -0.15) is 13.2 Å². The first-order valence-corrected chi connectivity index (χ1v) is 5.70. The summed E-state index contributed by atoms with van der Waals surface area (Å²) in [6.45, 7) is 1.68. The topological polar surface area (TPSA) is 66.6 Å². The van der Waals surface area contributed by atoms with E-state index in [2.05, 4.69) is 0 Å². The molecule has 1 aliphatic rings. The van der Waals surface area contributed by atoms with E-state index in [1.165, 1.54) is 6.07 Å². The summed E-state index contributed by atoms with van der Waals surface area (Å²) in [5, 5.41) is 9.13. The van der Waals surface area contributed by atoms with E-state index in [-0.39, 0.29) is 17.3 Å². The van der Waals surface area contributed by atoms with E-state index >= 15 is 0 Å². The quantitative estimate of drug-likeness (QED) is 0.764. The van der Waals surface area contributed by atoms with Gasteiger partial charge in [-0.25, -0.2) is 4.79 Å². The molecule has 1 amide bonds. The third-order valence-electron chi connectivity index (χ3n) is 3.26. The van der Waals surface area contributed by atoms with E-state index in [0.29, 0.717) is 6.42 Å². The van der Waals surface area contributed by atoms with Crippen LogP contribution in [0.4, 0.5) is 23.7 Å². The Kier molecular flexibility index (Phi) is 3.17. The molecule has 1 heterocycles. The zero-order valence-corrected chi connectivity index (χ0v) is 10.1. The molecule has 2 rings (SSSR count). The van der Waals surface area contributed by atoms with Gasteiger partial charge in [0.1, 0.15) is 0 Å². The number of nitrogens with zero attached hydrogens (tertiary/aromatic N) is 1. The molecule has 2 unspecified atom stereocenters. The minimum Gasteiger partial charge on any atom is -0.465 e. The molecule has 2 atom stereocenters. The molecular formula is C12H13F3N2O2. The lowest BCUT2D eigenvalue weighted by molar-refractivity contribution is -0.137. The normalized spacial score (nSPS) is 23.1. The first kappa shape index (κ1) is 13.7. The van der Waals surface area contributed by atoms with Gasteiger partial charge in [-0.15, -0.1) is 0 Å². The highest BCUT2D eigenvalue weighted by Gasteiger charge is 2.36. The summed E-state index contributed by atoms with van der Waals surface area (Å²) in [6.07, 6.45) is -5.37. The zero-order valence-electron chi connectivity index (χ0n) is 10.1. The number of rotatable bonds is 0. The molecule has 0 saturated carbocycles. The van der Waals surface area contributed by atoms with Crippen LogP contribution in [0.2, 0.25) is 0 Å². The highest BCUT2D eigenvalue weighted by Crippen LogP contribution is 2.39. The fourth-order valence-electron chi connectivity index (χ4n) is 2.38. The van der Waals surface area contributed by atoms with Crippen LogP contribution >= 0.6 is 0 Å². The Hall–Kier alpha value is -1.76. The molecular weight excluding hydrogens is 261 g/mol. The summed E-state index contributed by atoms with van der Waals surface area (Å²) in [6, 6.07) is 2.02. The molecule has 0 aromatic heterocycles. The monoisotopic (exact) mass is 274 g/mol. The van der Waals surface area contributed by atoms with Gasteiger partial charge in [-0.05, 0) is 37.1 Å². The predicted octanol–water partition coefficient (Wildman–Crippen LogP) is 2.98. The summed E-state index contributed by atoms with van der Waals surface area (Å²) in [5.41, 5.74) is 5.45. The Labute approximate surface area is 107 Å². The van der Waals surface area contributed by atoms with Crippen molar-refractivity contribution >= 4 is 11.8 Å². The van der Waals surface area contributed by atoms with Crippen LogP contribution in [0.1, 0.15) is 30.5 Å². The van der Waals surface area contributed by atoms with Crippen molar-refractivity contribution in [2.75, 3.05) is 4.90 Å². The zero-order chi connectivity index (χ0) is 14.4. The average molecular weight is 274 g/mol. The molecule has 3 N–H and O–H groups in total. The van der Waals surface area contributed by atoms with Crippen molar-refractivity contribution < 1.29 is 23.1 Å². The lowest BCUT2D eigenvalue weighted by Crippen LogP contribution is -2.44. The van der Waals surface area contributed by atoms with Crippen molar-refractivity contribution in [2.24, 2.45) is 5.73 Å². The van der Waals surface area contributed by atoms with Gasteiger partial charge >= 0.3 is 12.3 Å². The molecule has 0 aliphatic carbocycles. The highest BCUT2D eigenvalue weighted by molar-refractivity contribution is 5.88. The molecule has 1 aliphatic heterocycles. The summed E-state index contributed by atoms with van der Waals surface area (Å²) >= 11 is 0. The highest BCUT2D eigenvalue weighted by atomic mass is 19.4. The number of hydrogen-bond donors (Lipinski definition) is 2. The Bertz CT molecular complexity index is 516. The molecule has 1 aromatic carbocycles. The lowest BCUT2D eigenvalue weighted by atomic mass is 9.91. The number of nitrogens with two attached hydrogens (primary N) is 1. The van der Waals surface area contributed by atoms with Crippen LogP contribution in [0.25, 0.3) is 0 Å². The van der Waals surface area contributed by atoms with Gasteiger partial charge in [-0.3, -0.25) is 4.90 Å². The number of amides is 1. The van der Waals surface area contributed by atoms with Crippen LogP contribution in [-0.4, -0.2) is 17.2 Å². The molecule has 0 saturated heterocycles. The Morgan fingerprint density at radius 2 is 2.11 bits per heavy atom. The van der Waals surface area contributed by atoms with Crippen LogP contribution in [-0.2, 0) is 6.18 Å². The predicted molar refractivity (Wildman–Crippen MR) is 63.0 cm³/mol. The van der Waals surface area contributed by atoms with Crippen molar-refractivity contribution in [1.29, 1.82) is 0 Å². The minimum absolute atomic E-state index is 0.218. The van der Waals surface area contributed by atoms with Gasteiger partial charge in [0.15, 0.2) is 0 Å². The average Bonchev–Trinajstić information content (AvgIpc) is 2.26. The smallest absolute Gasteiger partial charge is 0.416 e. The number of anilines is 1. The molecule has 0 spiro atoms. The number of carbonyl (C=O) groups is 1. The number of benzene rings is 1. The first-order valence-electron chi connectivity index (χ1n) is 5.70. The fraction of sp³-hybridized carbons (Fsp3) is 0.417. The summed E-state index contributed by atoms with van der Waals surface area (Å²) in [5.74, 6) is 0. The van der Waals surface area contributed by atoms with Gasteiger partial charge in [0.2, 0.25) is 0 Å². The largest absolute Gasteiger partial charge is 0.465 e. The van der Waals surface area contributed by atoms with E-state index in [1.54, 1.807) is 6.92 Å². The second kappa shape index (κ2) is 4.41. The molecule has 0 radical (unpaired) electrons. The lowest BCUT2D eigenvalue weighted by Gasteiger charge is -2.36. The standard InChI is InChI=1S/C12H13F3N2O2/c1-6-4-9(16)8-5-7(12(13,14)15)2-3-10(8)17(6)11(18)19/h2-3,5-6,9H,4,16H2,1H3,(H,18,19). The van der Waals surface area contributed by atoms with Crippen LogP contribution in [0.5, 0.6) is 0 Å². The Balaban J connectivity index is 2.55. The second-order valence-electron chi connectivity index (χ2n) is 4.62. The van der Waals surface area contributed by atoms with Gasteiger partial charge in [0.25, 0.3) is 0 Å². The molecule has 0 bridgehead atoms. The number of fused-ring (bicyclic) bond motifs is 1. The minimum atomic E-state index is -4.47. The van der Waals surface area contributed by atoms with Crippen molar-refractivity contribution in [1.82, 2.24) is 0 Å². The van der Waals surface area contributed by atoms with E-state index < -0.39 is 23.9 Å². The molecule has 1 aromatic rings. The third kappa shape index (κ3) is 2.37. The molecule has 0 fully saturated rings. The maximum Gasteiger partial charge on any atom is 0.416 e. The van der Waals surface area contributed by atoms with Crippen LogP contribution in [0, 0.1) is 0 Å². The third-order valence-corrected chi connectivity index (χ3v) is 3.26. The molecule has 104 valence electrons. The number of hydrogen-bond acceptors (Lipinski definition) is 2. The summed E-state index contributed by atoms with van der Waals surface area (Å²) < 4.78 is 37.9. The molecule has 4 nitrogen and oxygen atoms in total. The van der Waals surface area contributed by atoms with Crippen molar-refractivity contribution in [3.05, 3.63) is 29.3 Å². The van der Waals surface area contributed by atoms with E-state index in [9.17, 15) is 18.0 Å². The van der Waals surface area contributed by atoms with Crippen LogP contribution in [0.15, 0.2) is 18.2 Å². The SMILES string of the molecule is CC1CC(N)c2cc(C(F)(F)F)ccc2N1C(=O)O. The van der Waals surface area contributed by atoms with Crippen molar-refractivity contribution in [3.63, 3.8) is 0 Å². The van der Waals surface area contributed by atoms with E-state index in [1.807, 2.05) is 0 Å². The van der Waals surface area contributed by atoms with E-state index in [0.717, 1.165) is 17.0 Å². The van der Waals surface area contributed by atoms with E-state index in [4.69, 9.17) is 10.8 Å². The van der Waals surface area contributed by atoms with Gasteiger partial charge in [-0.1, -0.05) is 0 Å². The molecule has 19 heavy (non-hydrogen) atoms. The van der Waals surface area contributed by atoms with Crippen molar-refractivity contribution in [2.45, 2.75) is 31.6 Å². The fourth-order valence-corrected chi connectivity index (χ4v) is 2.38. The van der Waals surface area contributed by atoms with Crippen LogP contribution in [0.3, 0.4) is 0 Å². The number of halogens is 3. The number of carboxylic acid groups (broad SMARTS) is 1. The first-order chi connectivity index (χ1) is 8.71. The summed E-state index contributed by atoms with van der Waals surface area (Å²) in [7, 11) is 0. The van der Waals surface area contributed by atoms with Gasteiger partial charge in [0, 0.05) is 12.1 Å². The molecule has 7 heteroatoms. The van der Waals surface area contributed by atoms with Gasteiger partial charge < -0.3 is 10.8 Å². The second-order valence-corrected chi connectivity index (χ2v) is 4.62. The van der Waals surface area contributed by atoms with Crippen molar-refractivity contribution in [3.8, 4) is 0 Å². The van der Waals surface area contributed by atoms with Gasteiger partial charge in [0.05, 0.1) is 11.3 Å². The van der Waals surface area contributed by atoms with Crippen LogP contribution < -0.4 is 10.6 Å². The maximum absolute atomic E-state index is 12.6.